The first-order valence-corrected chi connectivity index (χ1v) is 13.6. The van der Waals surface area contributed by atoms with Crippen LogP contribution in [0.15, 0.2) is 0 Å². The van der Waals surface area contributed by atoms with Gasteiger partial charge in [0.1, 0.15) is 24.4 Å². The second kappa shape index (κ2) is 18.4. The topological polar surface area (TPSA) is 146 Å². The van der Waals surface area contributed by atoms with Gasteiger partial charge in [-0.05, 0) is 26.2 Å². The van der Waals surface area contributed by atoms with Crippen LogP contribution in [0, 0.1) is 0 Å². The molecule has 7 atom stereocenters. The van der Waals surface area contributed by atoms with Crippen molar-refractivity contribution in [2.24, 2.45) is 0 Å². The van der Waals surface area contributed by atoms with Crippen molar-refractivity contribution in [3.8, 4) is 0 Å². The van der Waals surface area contributed by atoms with Gasteiger partial charge >= 0.3 is 5.97 Å². The molecular weight excluding hydrogens is 456 g/mol. The largest absolute Gasteiger partial charge is 0.462 e. The first-order valence-electron chi connectivity index (χ1n) is 13.6. The summed E-state index contributed by atoms with van der Waals surface area (Å²) in [6.07, 6.45) is 2.51. The zero-order valence-electron chi connectivity index (χ0n) is 21.9. The molecule has 1 saturated heterocycles. The third kappa shape index (κ3) is 13.3. The molecule has 5 unspecified atom stereocenters. The fourth-order valence-electron chi connectivity index (χ4n) is 4.36. The molecule has 0 amide bonds. The first-order chi connectivity index (χ1) is 16.7. The molecule has 0 radical (unpaired) electrons. The van der Waals surface area contributed by atoms with Gasteiger partial charge in [-0.15, -0.1) is 0 Å². The Labute approximate surface area is 210 Å². The van der Waals surface area contributed by atoms with E-state index in [1.165, 1.54) is 0 Å². The third-order valence-electron chi connectivity index (χ3n) is 6.56. The molecule has 0 aromatic rings. The molecule has 0 aliphatic carbocycles. The SMILES string of the molecule is CCCCCCC[C@H](CC(O)O)OC(=O)C[C@@H](CCCCCCC)OC1OC(C)C(O)C(O)C1O. The number of hydrogen-bond acceptors (Lipinski definition) is 9. The Balaban J connectivity index is 2.71. The van der Waals surface area contributed by atoms with Crippen LogP contribution >= 0.6 is 0 Å². The number of esters is 1. The van der Waals surface area contributed by atoms with Gasteiger partial charge in [-0.2, -0.15) is 0 Å². The molecule has 5 N–H and O–H groups in total. The van der Waals surface area contributed by atoms with Crippen molar-refractivity contribution in [1.29, 1.82) is 0 Å². The lowest BCUT2D eigenvalue weighted by atomic mass is 9.99. The molecule has 1 rings (SSSR count). The minimum absolute atomic E-state index is 0.0475. The van der Waals surface area contributed by atoms with E-state index in [1.807, 2.05) is 0 Å². The van der Waals surface area contributed by atoms with Crippen LogP contribution in [0.5, 0.6) is 0 Å². The lowest BCUT2D eigenvalue weighted by Gasteiger charge is -2.40. The molecule has 1 heterocycles. The molecule has 1 aliphatic heterocycles. The monoisotopic (exact) mass is 506 g/mol. The number of aliphatic hydroxyl groups excluding tert-OH is 4. The highest BCUT2D eigenvalue weighted by Crippen LogP contribution is 2.25. The molecule has 208 valence electrons. The normalized spacial score (nSPS) is 26.6. The summed E-state index contributed by atoms with van der Waals surface area (Å²) in [6, 6.07) is 0. The molecule has 0 spiro atoms. The smallest absolute Gasteiger partial charge is 0.308 e. The average Bonchev–Trinajstić information content (AvgIpc) is 2.80. The number of carbonyl (C=O) groups excluding carboxylic acids is 1. The van der Waals surface area contributed by atoms with E-state index < -0.39 is 55.2 Å². The standard InChI is InChI=1S/C26H50O9/c1-4-6-8-10-12-14-19(16-21(27)28)34-22(29)17-20(15-13-11-9-7-5-2)35-26-25(32)24(31)23(30)18(3)33-26/h18-21,23-28,30-32H,4-17H2,1-3H3/t18?,19-,20-,23?,24?,25?,26?/m1/s1. The van der Waals surface area contributed by atoms with Crippen LogP contribution in [0.2, 0.25) is 0 Å². The van der Waals surface area contributed by atoms with Crippen LogP contribution < -0.4 is 0 Å². The molecule has 9 nitrogen and oxygen atoms in total. The lowest BCUT2D eigenvalue weighted by molar-refractivity contribution is -0.304. The minimum atomic E-state index is -1.56. The van der Waals surface area contributed by atoms with Crippen LogP contribution in [-0.4, -0.2) is 80.7 Å². The number of unbranched alkanes of at least 4 members (excludes halogenated alkanes) is 8. The summed E-state index contributed by atoms with van der Waals surface area (Å²) in [5.74, 6) is -0.512. The van der Waals surface area contributed by atoms with Crippen molar-refractivity contribution < 1.29 is 44.5 Å². The summed E-state index contributed by atoms with van der Waals surface area (Å²) in [4.78, 5) is 12.8. The summed E-state index contributed by atoms with van der Waals surface area (Å²) in [5.41, 5.74) is 0. The van der Waals surface area contributed by atoms with Gasteiger partial charge in [0, 0.05) is 6.42 Å². The van der Waals surface area contributed by atoms with Gasteiger partial charge in [0.15, 0.2) is 12.6 Å². The lowest BCUT2D eigenvalue weighted by Crippen LogP contribution is -2.58. The van der Waals surface area contributed by atoms with Crippen molar-refractivity contribution in [2.75, 3.05) is 0 Å². The van der Waals surface area contributed by atoms with Crippen molar-refractivity contribution in [2.45, 2.75) is 160 Å². The Hall–Kier alpha value is -0.810. The van der Waals surface area contributed by atoms with Crippen LogP contribution in [0.4, 0.5) is 0 Å². The van der Waals surface area contributed by atoms with Crippen LogP contribution in [0.25, 0.3) is 0 Å². The molecule has 1 fully saturated rings. The van der Waals surface area contributed by atoms with E-state index in [4.69, 9.17) is 14.2 Å². The van der Waals surface area contributed by atoms with Gasteiger partial charge in [-0.25, -0.2) is 0 Å². The van der Waals surface area contributed by atoms with E-state index in [9.17, 15) is 30.3 Å². The maximum Gasteiger partial charge on any atom is 0.308 e. The fraction of sp³-hybridized carbons (Fsp3) is 0.962. The number of aliphatic hydroxyl groups is 5. The average molecular weight is 507 g/mol. The third-order valence-corrected chi connectivity index (χ3v) is 6.56. The number of hydrogen-bond donors (Lipinski definition) is 5. The summed E-state index contributed by atoms with van der Waals surface area (Å²) in [5, 5.41) is 49.2. The number of ether oxygens (including phenoxy) is 3. The molecule has 0 aromatic carbocycles. The Morgan fingerprint density at radius 1 is 0.800 bits per heavy atom. The Morgan fingerprint density at radius 3 is 1.89 bits per heavy atom. The highest BCUT2D eigenvalue weighted by Gasteiger charge is 2.43. The molecule has 9 heteroatoms. The number of rotatable bonds is 19. The molecule has 1 aliphatic rings. The van der Waals surface area contributed by atoms with Crippen molar-refractivity contribution in [3.05, 3.63) is 0 Å². The Kier molecular flexibility index (Phi) is 17.0. The van der Waals surface area contributed by atoms with Gasteiger partial charge < -0.3 is 39.7 Å². The first kappa shape index (κ1) is 32.2. The fourth-order valence-corrected chi connectivity index (χ4v) is 4.36. The van der Waals surface area contributed by atoms with Crippen LogP contribution in [-0.2, 0) is 19.0 Å². The van der Waals surface area contributed by atoms with Gasteiger partial charge in [0.05, 0.1) is 18.6 Å². The Bertz CT molecular complexity index is 545. The minimum Gasteiger partial charge on any atom is -0.462 e. The van der Waals surface area contributed by atoms with Crippen LogP contribution in [0.3, 0.4) is 0 Å². The van der Waals surface area contributed by atoms with E-state index in [-0.39, 0.29) is 12.8 Å². The summed E-state index contributed by atoms with van der Waals surface area (Å²) in [6.45, 7) is 5.85. The van der Waals surface area contributed by atoms with Gasteiger partial charge in [0.25, 0.3) is 0 Å². The Morgan fingerprint density at radius 2 is 1.34 bits per heavy atom. The van der Waals surface area contributed by atoms with Gasteiger partial charge in [-0.3, -0.25) is 4.79 Å². The summed E-state index contributed by atoms with van der Waals surface area (Å²) < 4.78 is 17.1. The van der Waals surface area contributed by atoms with Crippen molar-refractivity contribution >= 4 is 5.97 Å². The highest BCUT2D eigenvalue weighted by atomic mass is 16.7. The van der Waals surface area contributed by atoms with E-state index in [2.05, 4.69) is 13.8 Å². The van der Waals surface area contributed by atoms with Crippen molar-refractivity contribution in [1.82, 2.24) is 0 Å². The van der Waals surface area contributed by atoms with E-state index >= 15 is 0 Å². The maximum absolute atomic E-state index is 12.8. The van der Waals surface area contributed by atoms with E-state index in [1.54, 1.807) is 6.92 Å². The van der Waals surface area contributed by atoms with Crippen LogP contribution in [0.1, 0.15) is 111 Å². The number of carbonyl (C=O) groups is 1. The van der Waals surface area contributed by atoms with Gasteiger partial charge in [0.2, 0.25) is 0 Å². The zero-order chi connectivity index (χ0) is 26.2. The zero-order valence-corrected chi connectivity index (χ0v) is 21.9. The predicted molar refractivity (Wildman–Crippen MR) is 131 cm³/mol. The molecule has 0 aromatic heterocycles. The van der Waals surface area contributed by atoms with Crippen molar-refractivity contribution in [3.63, 3.8) is 0 Å². The molecule has 0 bridgehead atoms. The summed E-state index contributed by atoms with van der Waals surface area (Å²) >= 11 is 0. The second-order valence-corrected chi connectivity index (χ2v) is 9.88. The highest BCUT2D eigenvalue weighted by molar-refractivity contribution is 5.70. The second-order valence-electron chi connectivity index (χ2n) is 9.88. The van der Waals surface area contributed by atoms with E-state index in [0.29, 0.717) is 12.8 Å². The quantitative estimate of drug-likeness (QED) is 0.101. The predicted octanol–water partition coefficient (Wildman–Crippen LogP) is 2.92. The van der Waals surface area contributed by atoms with Gasteiger partial charge in [-0.1, -0.05) is 71.6 Å². The van der Waals surface area contributed by atoms with E-state index in [0.717, 1.165) is 64.2 Å². The molecule has 0 saturated carbocycles. The maximum atomic E-state index is 12.8. The molecular formula is C26H50O9. The summed E-state index contributed by atoms with van der Waals surface area (Å²) in [7, 11) is 0. The molecule has 35 heavy (non-hydrogen) atoms.